The normalized spacial score (nSPS) is 17.1. The SMILES string of the molecule is CCC(C)[C@H](NCC(=O)c1ccccc1)C(=O)Nc1ccc(C2SC(=Nc3cccc(F)c3)N(Cc3ccco3)C2=O)cc1. The van der Waals surface area contributed by atoms with Crippen LogP contribution in [0.15, 0.2) is 107 Å². The van der Waals surface area contributed by atoms with Gasteiger partial charge in [0, 0.05) is 11.3 Å². The Hall–Kier alpha value is -4.54. The van der Waals surface area contributed by atoms with Gasteiger partial charge in [0.25, 0.3) is 0 Å². The van der Waals surface area contributed by atoms with E-state index in [2.05, 4.69) is 15.6 Å². The summed E-state index contributed by atoms with van der Waals surface area (Å²) < 4.78 is 19.3. The Kier molecular flexibility index (Phi) is 10.0. The molecule has 0 aliphatic carbocycles. The quantitative estimate of drug-likeness (QED) is 0.172. The minimum atomic E-state index is -0.583. The molecule has 0 saturated carbocycles. The van der Waals surface area contributed by atoms with Crippen molar-refractivity contribution in [2.75, 3.05) is 11.9 Å². The first-order valence-corrected chi connectivity index (χ1v) is 15.3. The van der Waals surface area contributed by atoms with Gasteiger partial charge in [-0.2, -0.15) is 0 Å². The van der Waals surface area contributed by atoms with Crippen molar-refractivity contribution in [3.8, 4) is 0 Å². The van der Waals surface area contributed by atoms with Crippen LogP contribution in [0.2, 0.25) is 0 Å². The number of nitrogens with zero attached hydrogens (tertiary/aromatic N) is 2. The first-order chi connectivity index (χ1) is 21.3. The third-order valence-corrected chi connectivity index (χ3v) is 8.66. The van der Waals surface area contributed by atoms with Crippen LogP contribution in [-0.4, -0.2) is 40.3 Å². The van der Waals surface area contributed by atoms with Crippen LogP contribution in [0.1, 0.15) is 47.2 Å². The lowest BCUT2D eigenvalue weighted by Gasteiger charge is -2.23. The number of rotatable bonds is 12. The first-order valence-electron chi connectivity index (χ1n) is 14.4. The average molecular weight is 613 g/mol. The standard InChI is InChI=1S/C34H33FN4O4S/c1-3-22(2)30(36-20-29(40)23-9-5-4-6-10-23)32(41)37-26-16-14-24(15-17-26)31-33(42)39(21-28-13-8-18-43-28)34(44-31)38-27-12-7-11-25(35)19-27/h4-19,22,30-31,36H,3,20-21H2,1-2H3,(H,37,41)/t22?,30-,31?/m0/s1. The molecule has 226 valence electrons. The molecule has 2 unspecified atom stereocenters. The van der Waals surface area contributed by atoms with Gasteiger partial charge >= 0.3 is 0 Å². The number of nitrogens with one attached hydrogen (secondary N) is 2. The van der Waals surface area contributed by atoms with E-state index in [0.29, 0.717) is 27.9 Å². The van der Waals surface area contributed by atoms with E-state index in [4.69, 9.17) is 4.42 Å². The average Bonchev–Trinajstić information content (AvgIpc) is 3.66. The predicted molar refractivity (Wildman–Crippen MR) is 170 cm³/mol. The number of thioether (sulfide) groups is 1. The van der Waals surface area contributed by atoms with Crippen molar-refractivity contribution in [3.05, 3.63) is 120 Å². The smallest absolute Gasteiger partial charge is 0.247 e. The van der Waals surface area contributed by atoms with Crippen molar-refractivity contribution in [2.24, 2.45) is 10.9 Å². The Morgan fingerprint density at radius 1 is 1.02 bits per heavy atom. The molecule has 8 nitrogen and oxygen atoms in total. The third kappa shape index (κ3) is 7.50. The van der Waals surface area contributed by atoms with E-state index in [1.54, 1.807) is 66.9 Å². The number of benzene rings is 3. The van der Waals surface area contributed by atoms with Gasteiger partial charge < -0.3 is 9.73 Å². The number of amides is 2. The molecule has 4 aromatic rings. The maximum Gasteiger partial charge on any atom is 0.247 e. The molecular formula is C34H33FN4O4S. The van der Waals surface area contributed by atoms with Crippen molar-refractivity contribution < 1.29 is 23.2 Å². The number of aliphatic imine (C=N–C) groups is 1. The van der Waals surface area contributed by atoms with Gasteiger partial charge in [-0.15, -0.1) is 0 Å². The number of furan rings is 1. The van der Waals surface area contributed by atoms with Crippen LogP contribution in [0.4, 0.5) is 15.8 Å². The van der Waals surface area contributed by atoms with Crippen LogP contribution in [-0.2, 0) is 16.1 Å². The first kappa shape index (κ1) is 30.9. The Bertz CT molecular complexity index is 1630. The molecule has 0 bridgehead atoms. The van der Waals surface area contributed by atoms with Gasteiger partial charge in [-0.1, -0.05) is 80.6 Å². The highest BCUT2D eigenvalue weighted by atomic mass is 32.2. The Morgan fingerprint density at radius 2 is 1.80 bits per heavy atom. The van der Waals surface area contributed by atoms with Gasteiger partial charge in [0.15, 0.2) is 11.0 Å². The Labute approximate surface area is 259 Å². The second kappa shape index (κ2) is 14.3. The van der Waals surface area contributed by atoms with Crippen LogP contribution >= 0.6 is 11.8 Å². The van der Waals surface area contributed by atoms with Crippen LogP contribution < -0.4 is 10.6 Å². The summed E-state index contributed by atoms with van der Waals surface area (Å²) in [5, 5.41) is 5.94. The maximum atomic E-state index is 13.8. The molecular weight excluding hydrogens is 579 g/mol. The lowest BCUT2D eigenvalue weighted by molar-refractivity contribution is -0.126. The number of anilines is 1. The van der Waals surface area contributed by atoms with Gasteiger partial charge in [0.1, 0.15) is 16.8 Å². The number of halogens is 1. The number of ketones is 1. The number of amidine groups is 1. The van der Waals surface area contributed by atoms with Crippen molar-refractivity contribution in [2.45, 2.75) is 38.1 Å². The number of carbonyl (C=O) groups excluding carboxylic acids is 3. The number of Topliss-reactive ketones (excluding diaryl/α,β-unsaturated/α-hetero) is 1. The fourth-order valence-corrected chi connectivity index (χ4v) is 5.96. The van der Waals surface area contributed by atoms with Crippen molar-refractivity contribution in [1.82, 2.24) is 10.2 Å². The van der Waals surface area contributed by atoms with E-state index in [-0.39, 0.29) is 36.6 Å². The molecule has 0 spiro atoms. The summed E-state index contributed by atoms with van der Waals surface area (Å²) in [6, 6.07) is 24.9. The summed E-state index contributed by atoms with van der Waals surface area (Å²) in [5.41, 5.74) is 2.29. The van der Waals surface area contributed by atoms with Crippen LogP contribution in [0.5, 0.6) is 0 Å². The largest absolute Gasteiger partial charge is 0.467 e. The minimum Gasteiger partial charge on any atom is -0.467 e. The number of hydrogen-bond donors (Lipinski definition) is 2. The maximum absolute atomic E-state index is 13.8. The van der Waals surface area contributed by atoms with Gasteiger partial charge in [0.2, 0.25) is 11.8 Å². The number of carbonyl (C=O) groups is 3. The Morgan fingerprint density at radius 3 is 2.48 bits per heavy atom. The molecule has 1 aliphatic heterocycles. The predicted octanol–water partition coefficient (Wildman–Crippen LogP) is 6.75. The van der Waals surface area contributed by atoms with Crippen molar-refractivity contribution >= 4 is 45.9 Å². The minimum absolute atomic E-state index is 0.0127. The van der Waals surface area contributed by atoms with Gasteiger partial charge in [-0.25, -0.2) is 9.38 Å². The summed E-state index contributed by atoms with van der Waals surface area (Å²) in [6.07, 6.45) is 2.29. The third-order valence-electron chi connectivity index (χ3n) is 7.43. The zero-order valence-corrected chi connectivity index (χ0v) is 25.2. The molecule has 1 aliphatic rings. The van der Waals surface area contributed by atoms with Gasteiger partial charge in [0.05, 0.1) is 31.1 Å². The lowest BCUT2D eigenvalue weighted by Crippen LogP contribution is -2.46. The summed E-state index contributed by atoms with van der Waals surface area (Å²) in [5.74, 6) is -0.339. The molecule has 1 aromatic heterocycles. The molecule has 3 atom stereocenters. The van der Waals surface area contributed by atoms with Gasteiger partial charge in [-0.05, 0) is 53.9 Å². The molecule has 1 fully saturated rings. The highest BCUT2D eigenvalue weighted by Crippen LogP contribution is 2.41. The molecule has 10 heteroatoms. The molecule has 0 radical (unpaired) electrons. The van der Waals surface area contributed by atoms with E-state index in [1.807, 2.05) is 32.0 Å². The molecule has 2 N–H and O–H groups in total. The molecule has 2 amide bonds. The summed E-state index contributed by atoms with van der Waals surface area (Å²) in [4.78, 5) is 45.6. The molecule has 5 rings (SSSR count). The summed E-state index contributed by atoms with van der Waals surface area (Å²) >= 11 is 1.27. The highest BCUT2D eigenvalue weighted by molar-refractivity contribution is 8.15. The van der Waals surface area contributed by atoms with E-state index >= 15 is 0 Å². The van der Waals surface area contributed by atoms with Crippen molar-refractivity contribution in [1.29, 1.82) is 0 Å². The van der Waals surface area contributed by atoms with Crippen molar-refractivity contribution in [3.63, 3.8) is 0 Å². The topological polar surface area (TPSA) is 104 Å². The zero-order valence-electron chi connectivity index (χ0n) is 24.4. The van der Waals surface area contributed by atoms with Gasteiger partial charge in [-0.3, -0.25) is 24.6 Å². The van der Waals surface area contributed by atoms with E-state index in [1.165, 1.54) is 28.8 Å². The molecule has 44 heavy (non-hydrogen) atoms. The van der Waals surface area contributed by atoms with E-state index < -0.39 is 17.1 Å². The summed E-state index contributed by atoms with van der Waals surface area (Å²) in [6.45, 7) is 4.19. The lowest BCUT2D eigenvalue weighted by atomic mass is 9.97. The Balaban J connectivity index is 1.29. The van der Waals surface area contributed by atoms with Crippen LogP contribution in [0, 0.1) is 11.7 Å². The molecule has 1 saturated heterocycles. The fourth-order valence-electron chi connectivity index (χ4n) is 4.79. The van der Waals surface area contributed by atoms with Crippen LogP contribution in [0.3, 0.4) is 0 Å². The monoisotopic (exact) mass is 612 g/mol. The molecule has 3 aromatic carbocycles. The second-order valence-electron chi connectivity index (χ2n) is 10.5. The van der Waals surface area contributed by atoms with E-state index in [9.17, 15) is 18.8 Å². The summed E-state index contributed by atoms with van der Waals surface area (Å²) in [7, 11) is 0. The zero-order chi connectivity index (χ0) is 31.1. The number of hydrogen-bond acceptors (Lipinski definition) is 7. The second-order valence-corrected chi connectivity index (χ2v) is 11.6. The van der Waals surface area contributed by atoms with E-state index in [0.717, 1.165) is 12.0 Å². The highest BCUT2D eigenvalue weighted by Gasteiger charge is 2.39. The van der Waals surface area contributed by atoms with Crippen LogP contribution in [0.25, 0.3) is 0 Å². The fraction of sp³-hybridized carbons (Fsp3) is 0.235. The molecule has 2 heterocycles.